The van der Waals surface area contributed by atoms with Gasteiger partial charge >= 0.3 is 0 Å². The highest BCUT2D eigenvalue weighted by molar-refractivity contribution is 6.06. The van der Waals surface area contributed by atoms with E-state index in [4.69, 9.17) is 20.9 Å². The van der Waals surface area contributed by atoms with Gasteiger partial charge < -0.3 is 25.3 Å². The Kier molecular flexibility index (Phi) is 6.38. The van der Waals surface area contributed by atoms with E-state index in [2.05, 4.69) is 15.0 Å². The Hall–Kier alpha value is -3.73. The Morgan fingerprint density at radius 1 is 1.15 bits per heavy atom. The molecule has 2 atom stereocenters. The first-order valence-corrected chi connectivity index (χ1v) is 11.1. The number of anilines is 1. The van der Waals surface area contributed by atoms with Crippen molar-refractivity contribution in [2.24, 2.45) is 12.8 Å². The SMILES string of the molecule is Cc1nc2nc(N3CC(C)OC(c4ccc(=O)n(C)c4)C3)nc(C(=N)CCC(N)=O)c2nc1C. The number of hydrogen-bond acceptors (Lipinski definition) is 9. The van der Waals surface area contributed by atoms with E-state index in [-0.39, 0.29) is 36.3 Å². The van der Waals surface area contributed by atoms with Crippen LogP contribution in [-0.2, 0) is 16.6 Å². The molecule has 0 bridgehead atoms. The number of nitrogens with one attached hydrogen (secondary N) is 1. The number of carbonyl (C=O) groups excluding carboxylic acids is 1. The number of aromatic nitrogens is 5. The lowest BCUT2D eigenvalue weighted by molar-refractivity contribution is -0.117. The van der Waals surface area contributed by atoms with Crippen molar-refractivity contribution in [3.8, 4) is 0 Å². The van der Waals surface area contributed by atoms with Crippen molar-refractivity contribution >= 4 is 28.7 Å². The highest BCUT2D eigenvalue weighted by atomic mass is 16.5. The molecule has 3 aromatic heterocycles. The van der Waals surface area contributed by atoms with Crippen molar-refractivity contribution in [2.45, 2.75) is 45.8 Å². The lowest BCUT2D eigenvalue weighted by atomic mass is 10.1. The minimum Gasteiger partial charge on any atom is -0.370 e. The van der Waals surface area contributed by atoms with E-state index < -0.39 is 5.91 Å². The van der Waals surface area contributed by atoms with Gasteiger partial charge in [0.2, 0.25) is 17.4 Å². The Labute approximate surface area is 196 Å². The molecule has 0 saturated carbocycles. The molecule has 1 aliphatic heterocycles. The molecule has 0 radical (unpaired) electrons. The summed E-state index contributed by atoms with van der Waals surface area (Å²) in [6, 6.07) is 3.29. The predicted molar refractivity (Wildman–Crippen MR) is 127 cm³/mol. The molecule has 11 heteroatoms. The lowest BCUT2D eigenvalue weighted by Crippen LogP contribution is -2.44. The van der Waals surface area contributed by atoms with Crippen molar-refractivity contribution in [1.29, 1.82) is 5.41 Å². The Morgan fingerprint density at radius 2 is 1.88 bits per heavy atom. The second kappa shape index (κ2) is 9.26. The standard InChI is InChI=1S/C23H28N8O3/c1-12-9-31(11-17(34-12)15-5-8-19(33)30(4)10-15)23-28-20(16(24)6-7-18(25)32)21-22(29-23)27-14(3)13(2)26-21/h5,8,10,12,17,24H,6-7,9,11H2,1-4H3,(H2,25,32). The number of amides is 1. The summed E-state index contributed by atoms with van der Waals surface area (Å²) in [5.74, 6) is -0.0719. The number of aryl methyl sites for hydroxylation is 3. The number of ether oxygens (including phenoxy) is 1. The van der Waals surface area contributed by atoms with E-state index >= 15 is 0 Å². The molecule has 3 N–H and O–H groups in total. The topological polar surface area (TPSA) is 153 Å². The van der Waals surface area contributed by atoms with E-state index in [0.29, 0.717) is 35.9 Å². The molecule has 1 amide bonds. The zero-order valence-electron chi connectivity index (χ0n) is 19.7. The number of nitrogens with zero attached hydrogens (tertiary/aromatic N) is 6. The second-order valence-electron chi connectivity index (χ2n) is 8.64. The third-order valence-electron chi connectivity index (χ3n) is 5.86. The fraction of sp³-hybridized carbons (Fsp3) is 0.435. The number of carbonyl (C=O) groups is 1. The average Bonchev–Trinajstić information content (AvgIpc) is 2.79. The van der Waals surface area contributed by atoms with Crippen molar-refractivity contribution in [3.05, 3.63) is 51.3 Å². The molecule has 11 nitrogen and oxygen atoms in total. The van der Waals surface area contributed by atoms with E-state index in [0.717, 1.165) is 17.0 Å². The quantitative estimate of drug-likeness (QED) is 0.518. The van der Waals surface area contributed by atoms with Gasteiger partial charge in [-0.15, -0.1) is 0 Å². The van der Waals surface area contributed by atoms with E-state index in [9.17, 15) is 9.59 Å². The number of fused-ring (bicyclic) bond motifs is 1. The molecule has 178 valence electrons. The van der Waals surface area contributed by atoms with E-state index in [1.165, 1.54) is 10.6 Å². The molecule has 34 heavy (non-hydrogen) atoms. The highest BCUT2D eigenvalue weighted by Crippen LogP contribution is 2.28. The minimum atomic E-state index is -0.483. The third kappa shape index (κ3) is 4.79. The molecule has 0 aliphatic carbocycles. The Morgan fingerprint density at radius 3 is 2.59 bits per heavy atom. The molecular weight excluding hydrogens is 436 g/mol. The van der Waals surface area contributed by atoms with Crippen LogP contribution in [0.15, 0.2) is 23.1 Å². The van der Waals surface area contributed by atoms with Gasteiger partial charge in [-0.2, -0.15) is 4.98 Å². The van der Waals surface area contributed by atoms with Gasteiger partial charge in [0.05, 0.1) is 29.7 Å². The second-order valence-corrected chi connectivity index (χ2v) is 8.64. The van der Waals surface area contributed by atoms with Crippen LogP contribution < -0.4 is 16.2 Å². The molecule has 1 aliphatic rings. The number of nitrogens with two attached hydrogens (primary N) is 1. The highest BCUT2D eigenvalue weighted by Gasteiger charge is 2.29. The number of hydrogen-bond donors (Lipinski definition) is 2. The third-order valence-corrected chi connectivity index (χ3v) is 5.86. The maximum atomic E-state index is 11.8. The Balaban J connectivity index is 1.75. The fourth-order valence-corrected chi connectivity index (χ4v) is 3.92. The lowest BCUT2D eigenvalue weighted by Gasteiger charge is -2.37. The molecule has 0 spiro atoms. The van der Waals surface area contributed by atoms with Crippen LogP contribution in [0, 0.1) is 19.3 Å². The monoisotopic (exact) mass is 464 g/mol. The summed E-state index contributed by atoms with van der Waals surface area (Å²) in [7, 11) is 1.70. The van der Waals surface area contributed by atoms with Gasteiger partial charge in [0, 0.05) is 32.3 Å². The van der Waals surface area contributed by atoms with Crippen LogP contribution in [0.1, 0.15) is 48.5 Å². The van der Waals surface area contributed by atoms with Crippen LogP contribution in [0.25, 0.3) is 11.2 Å². The number of morpholine rings is 1. The molecule has 1 saturated heterocycles. The normalized spacial score (nSPS) is 18.3. The summed E-state index contributed by atoms with van der Waals surface area (Å²) in [4.78, 5) is 43.6. The van der Waals surface area contributed by atoms with Crippen LogP contribution in [0.4, 0.5) is 5.95 Å². The first-order valence-electron chi connectivity index (χ1n) is 11.1. The fourth-order valence-electron chi connectivity index (χ4n) is 3.92. The van der Waals surface area contributed by atoms with Crippen molar-refractivity contribution in [2.75, 3.05) is 18.0 Å². The van der Waals surface area contributed by atoms with Crippen LogP contribution in [0.3, 0.4) is 0 Å². The maximum absolute atomic E-state index is 11.8. The van der Waals surface area contributed by atoms with Crippen LogP contribution >= 0.6 is 0 Å². The van der Waals surface area contributed by atoms with Gasteiger partial charge in [-0.05, 0) is 38.8 Å². The van der Waals surface area contributed by atoms with Crippen molar-refractivity contribution in [3.63, 3.8) is 0 Å². The van der Waals surface area contributed by atoms with Crippen molar-refractivity contribution < 1.29 is 9.53 Å². The molecule has 1 fully saturated rings. The smallest absolute Gasteiger partial charge is 0.250 e. The zero-order valence-corrected chi connectivity index (χ0v) is 19.7. The summed E-state index contributed by atoms with van der Waals surface area (Å²) in [5, 5.41) is 8.56. The molecular formula is C23H28N8O3. The first kappa shape index (κ1) is 23.4. The number of primary amides is 1. The van der Waals surface area contributed by atoms with Crippen LogP contribution in [0.2, 0.25) is 0 Å². The molecule has 0 aromatic carbocycles. The predicted octanol–water partition coefficient (Wildman–Crippen LogP) is 1.34. The minimum absolute atomic E-state index is 0.0430. The van der Waals surface area contributed by atoms with E-state index in [1.54, 1.807) is 19.3 Å². The molecule has 2 unspecified atom stereocenters. The van der Waals surface area contributed by atoms with Gasteiger partial charge in [-0.1, -0.05) is 0 Å². The maximum Gasteiger partial charge on any atom is 0.250 e. The summed E-state index contributed by atoms with van der Waals surface area (Å²) in [6.07, 6.45) is 1.54. The van der Waals surface area contributed by atoms with Gasteiger partial charge in [0.25, 0.3) is 0 Å². The van der Waals surface area contributed by atoms with Gasteiger partial charge in [-0.3, -0.25) is 9.59 Å². The van der Waals surface area contributed by atoms with Crippen molar-refractivity contribution in [1.82, 2.24) is 24.5 Å². The number of rotatable bonds is 6. The molecule has 4 rings (SSSR count). The first-order chi connectivity index (χ1) is 16.1. The van der Waals surface area contributed by atoms with Gasteiger partial charge in [0.1, 0.15) is 17.3 Å². The summed E-state index contributed by atoms with van der Waals surface area (Å²) in [6.45, 7) is 6.66. The average molecular weight is 465 g/mol. The summed E-state index contributed by atoms with van der Waals surface area (Å²) in [5.41, 5.74) is 8.85. The zero-order chi connectivity index (χ0) is 24.6. The largest absolute Gasteiger partial charge is 0.370 e. The van der Waals surface area contributed by atoms with Gasteiger partial charge in [-0.25, -0.2) is 15.0 Å². The number of pyridine rings is 1. The van der Waals surface area contributed by atoms with Crippen LogP contribution in [0.5, 0.6) is 0 Å². The van der Waals surface area contributed by atoms with E-state index in [1.807, 2.05) is 25.7 Å². The summed E-state index contributed by atoms with van der Waals surface area (Å²) < 4.78 is 7.67. The van der Waals surface area contributed by atoms with Gasteiger partial charge in [0.15, 0.2) is 5.65 Å². The molecule has 3 aromatic rings. The summed E-state index contributed by atoms with van der Waals surface area (Å²) >= 11 is 0. The molecule has 4 heterocycles. The van der Waals surface area contributed by atoms with Crippen LogP contribution in [-0.4, -0.2) is 55.3 Å². The Bertz CT molecular complexity index is 1340.